The summed E-state index contributed by atoms with van der Waals surface area (Å²) in [6.45, 7) is 3.82. The summed E-state index contributed by atoms with van der Waals surface area (Å²) in [5.41, 5.74) is 2.54. The Kier molecular flexibility index (Phi) is 5.16. The standard InChI is InChI=1S/C20H24N2O2/c1-15(17-11-12-24-14-17)21-18-8-6-7-16(13-18)20(23)22(2)19-9-4-3-5-10-19/h3-10,13,15,17,21H,11-12,14H2,1-2H3/t15-,17+/m1/s1. The first-order chi connectivity index (χ1) is 11.6. The smallest absolute Gasteiger partial charge is 0.258 e. The molecule has 1 saturated heterocycles. The molecule has 1 N–H and O–H groups in total. The number of para-hydroxylation sites is 1. The van der Waals surface area contributed by atoms with E-state index in [1.807, 2.05) is 54.6 Å². The van der Waals surface area contributed by atoms with E-state index in [0.717, 1.165) is 31.0 Å². The van der Waals surface area contributed by atoms with E-state index in [1.165, 1.54) is 0 Å². The highest BCUT2D eigenvalue weighted by Crippen LogP contribution is 2.22. The number of hydrogen-bond donors (Lipinski definition) is 1. The zero-order valence-electron chi connectivity index (χ0n) is 14.2. The van der Waals surface area contributed by atoms with E-state index in [0.29, 0.717) is 17.5 Å². The average Bonchev–Trinajstić information content (AvgIpc) is 3.16. The Balaban J connectivity index is 1.71. The molecule has 0 unspecified atom stereocenters. The molecule has 1 amide bonds. The number of anilines is 2. The van der Waals surface area contributed by atoms with Crippen LogP contribution in [0.25, 0.3) is 0 Å². The molecule has 24 heavy (non-hydrogen) atoms. The van der Waals surface area contributed by atoms with Crippen LogP contribution in [0.1, 0.15) is 23.7 Å². The van der Waals surface area contributed by atoms with E-state index in [-0.39, 0.29) is 5.91 Å². The largest absolute Gasteiger partial charge is 0.382 e. The Bertz CT molecular complexity index is 681. The van der Waals surface area contributed by atoms with Gasteiger partial charge in [-0.2, -0.15) is 0 Å². The number of benzene rings is 2. The third-order valence-corrected chi connectivity index (χ3v) is 4.62. The maximum absolute atomic E-state index is 12.7. The van der Waals surface area contributed by atoms with Gasteiger partial charge in [0, 0.05) is 42.6 Å². The Hall–Kier alpha value is -2.33. The highest BCUT2D eigenvalue weighted by molar-refractivity contribution is 6.06. The second kappa shape index (κ2) is 7.49. The Morgan fingerprint density at radius 1 is 1.21 bits per heavy atom. The SMILES string of the molecule is C[C@@H](Nc1cccc(C(=O)N(C)c2ccccc2)c1)[C@H]1CCOC1. The third kappa shape index (κ3) is 3.77. The van der Waals surface area contributed by atoms with Gasteiger partial charge in [0.15, 0.2) is 0 Å². The monoisotopic (exact) mass is 324 g/mol. The molecule has 126 valence electrons. The quantitative estimate of drug-likeness (QED) is 0.909. The highest BCUT2D eigenvalue weighted by Gasteiger charge is 2.22. The fraction of sp³-hybridized carbons (Fsp3) is 0.350. The normalized spacial score (nSPS) is 18.2. The van der Waals surface area contributed by atoms with Crippen LogP contribution in [0.5, 0.6) is 0 Å². The minimum Gasteiger partial charge on any atom is -0.382 e. The van der Waals surface area contributed by atoms with Gasteiger partial charge in [-0.05, 0) is 43.7 Å². The second-order valence-electron chi connectivity index (χ2n) is 6.34. The van der Waals surface area contributed by atoms with E-state index in [9.17, 15) is 4.79 Å². The van der Waals surface area contributed by atoms with E-state index in [4.69, 9.17) is 4.74 Å². The molecule has 2 atom stereocenters. The van der Waals surface area contributed by atoms with E-state index >= 15 is 0 Å². The molecule has 1 heterocycles. The van der Waals surface area contributed by atoms with Gasteiger partial charge < -0.3 is 15.0 Å². The maximum atomic E-state index is 12.7. The Labute approximate surface area is 143 Å². The van der Waals surface area contributed by atoms with Crippen molar-refractivity contribution in [2.24, 2.45) is 5.92 Å². The molecule has 0 spiro atoms. The van der Waals surface area contributed by atoms with Crippen molar-refractivity contribution < 1.29 is 9.53 Å². The van der Waals surface area contributed by atoms with Gasteiger partial charge in [-0.3, -0.25) is 4.79 Å². The van der Waals surface area contributed by atoms with Gasteiger partial charge in [0.05, 0.1) is 6.61 Å². The first-order valence-electron chi connectivity index (χ1n) is 8.42. The van der Waals surface area contributed by atoms with E-state index in [1.54, 1.807) is 11.9 Å². The fourth-order valence-corrected chi connectivity index (χ4v) is 3.03. The van der Waals surface area contributed by atoms with Crippen LogP contribution in [0.15, 0.2) is 54.6 Å². The van der Waals surface area contributed by atoms with Crippen molar-refractivity contribution >= 4 is 17.3 Å². The predicted octanol–water partition coefficient (Wildman–Crippen LogP) is 3.80. The summed E-state index contributed by atoms with van der Waals surface area (Å²) in [4.78, 5) is 14.4. The van der Waals surface area contributed by atoms with Crippen LogP contribution in [0.4, 0.5) is 11.4 Å². The molecule has 4 heteroatoms. The lowest BCUT2D eigenvalue weighted by atomic mass is 10.0. The van der Waals surface area contributed by atoms with Crippen molar-refractivity contribution in [2.45, 2.75) is 19.4 Å². The predicted molar refractivity (Wildman–Crippen MR) is 97.6 cm³/mol. The van der Waals surface area contributed by atoms with Crippen molar-refractivity contribution in [3.8, 4) is 0 Å². The lowest BCUT2D eigenvalue weighted by molar-refractivity contribution is 0.0993. The summed E-state index contributed by atoms with van der Waals surface area (Å²) >= 11 is 0. The topological polar surface area (TPSA) is 41.6 Å². The number of hydrogen-bond acceptors (Lipinski definition) is 3. The van der Waals surface area contributed by atoms with Crippen molar-refractivity contribution in [1.82, 2.24) is 0 Å². The zero-order valence-corrected chi connectivity index (χ0v) is 14.2. The summed E-state index contributed by atoms with van der Waals surface area (Å²) in [6, 6.07) is 17.7. The number of carbonyl (C=O) groups excluding carboxylic acids is 1. The molecule has 1 aliphatic rings. The molecule has 0 aliphatic carbocycles. The fourth-order valence-electron chi connectivity index (χ4n) is 3.03. The van der Waals surface area contributed by atoms with E-state index in [2.05, 4.69) is 12.2 Å². The van der Waals surface area contributed by atoms with Gasteiger partial charge >= 0.3 is 0 Å². The first-order valence-corrected chi connectivity index (χ1v) is 8.42. The third-order valence-electron chi connectivity index (χ3n) is 4.62. The molecule has 0 radical (unpaired) electrons. The van der Waals surface area contributed by atoms with Crippen molar-refractivity contribution in [3.05, 3.63) is 60.2 Å². The molecule has 0 saturated carbocycles. The van der Waals surface area contributed by atoms with Crippen molar-refractivity contribution in [1.29, 1.82) is 0 Å². The molecule has 3 rings (SSSR count). The summed E-state index contributed by atoms with van der Waals surface area (Å²) in [7, 11) is 1.80. The van der Waals surface area contributed by atoms with Crippen LogP contribution in [0.3, 0.4) is 0 Å². The minimum atomic E-state index is -0.0123. The van der Waals surface area contributed by atoms with Crippen LogP contribution in [-0.4, -0.2) is 32.2 Å². The Morgan fingerprint density at radius 2 is 2.00 bits per heavy atom. The second-order valence-corrected chi connectivity index (χ2v) is 6.34. The molecular formula is C20H24N2O2. The molecule has 4 nitrogen and oxygen atoms in total. The molecule has 2 aromatic rings. The van der Waals surface area contributed by atoms with Gasteiger partial charge in [0.2, 0.25) is 0 Å². The Morgan fingerprint density at radius 3 is 2.71 bits per heavy atom. The summed E-state index contributed by atoms with van der Waals surface area (Å²) in [5.74, 6) is 0.512. The van der Waals surface area contributed by atoms with Crippen LogP contribution < -0.4 is 10.2 Å². The molecule has 0 bridgehead atoms. The number of nitrogens with one attached hydrogen (secondary N) is 1. The molecule has 0 aromatic heterocycles. The zero-order chi connectivity index (χ0) is 16.9. The van der Waals surface area contributed by atoms with Crippen molar-refractivity contribution in [2.75, 3.05) is 30.5 Å². The number of amides is 1. The number of ether oxygens (including phenoxy) is 1. The van der Waals surface area contributed by atoms with Gasteiger partial charge in [0.25, 0.3) is 5.91 Å². The first kappa shape index (κ1) is 16.5. The highest BCUT2D eigenvalue weighted by atomic mass is 16.5. The number of nitrogens with zero attached hydrogens (tertiary/aromatic N) is 1. The number of carbonyl (C=O) groups is 1. The lowest BCUT2D eigenvalue weighted by Gasteiger charge is -2.21. The molecule has 1 fully saturated rings. The maximum Gasteiger partial charge on any atom is 0.258 e. The van der Waals surface area contributed by atoms with Gasteiger partial charge in [-0.25, -0.2) is 0 Å². The van der Waals surface area contributed by atoms with E-state index < -0.39 is 0 Å². The lowest BCUT2D eigenvalue weighted by Crippen LogP contribution is -2.27. The van der Waals surface area contributed by atoms with Crippen LogP contribution in [-0.2, 0) is 4.74 Å². The van der Waals surface area contributed by atoms with Crippen LogP contribution in [0.2, 0.25) is 0 Å². The van der Waals surface area contributed by atoms with Gasteiger partial charge in [-0.1, -0.05) is 24.3 Å². The summed E-state index contributed by atoms with van der Waals surface area (Å²) < 4.78 is 5.46. The molecule has 1 aliphatic heterocycles. The minimum absolute atomic E-state index is 0.0123. The van der Waals surface area contributed by atoms with Gasteiger partial charge in [0.1, 0.15) is 0 Å². The summed E-state index contributed by atoms with van der Waals surface area (Å²) in [6.07, 6.45) is 1.09. The van der Waals surface area contributed by atoms with Crippen LogP contribution in [0, 0.1) is 5.92 Å². The number of rotatable bonds is 5. The van der Waals surface area contributed by atoms with Gasteiger partial charge in [-0.15, -0.1) is 0 Å². The summed E-state index contributed by atoms with van der Waals surface area (Å²) in [5, 5.41) is 3.51. The van der Waals surface area contributed by atoms with Crippen LogP contribution >= 0.6 is 0 Å². The molecular weight excluding hydrogens is 300 g/mol. The molecule has 2 aromatic carbocycles. The van der Waals surface area contributed by atoms with Crippen molar-refractivity contribution in [3.63, 3.8) is 0 Å². The average molecular weight is 324 g/mol.